The summed E-state index contributed by atoms with van der Waals surface area (Å²) in [6, 6.07) is 0.689. The number of hydrogen-bond acceptors (Lipinski definition) is 3. The fraction of sp³-hybridized carbons (Fsp3) is 0.933. The molecule has 0 radical (unpaired) electrons. The number of nitrogens with one attached hydrogen (secondary N) is 1. The normalized spacial score (nSPS) is 16.5. The van der Waals surface area contributed by atoms with Crippen molar-refractivity contribution in [2.75, 3.05) is 32.8 Å². The number of ether oxygens (including phenoxy) is 1. The summed E-state index contributed by atoms with van der Waals surface area (Å²) >= 11 is 0. The number of amides is 1. The van der Waals surface area contributed by atoms with Crippen molar-refractivity contribution in [3.8, 4) is 0 Å². The molecule has 114 valence electrons. The maximum atomic E-state index is 10.9. The van der Waals surface area contributed by atoms with Crippen molar-refractivity contribution in [1.82, 2.24) is 10.2 Å². The van der Waals surface area contributed by atoms with E-state index in [1.807, 2.05) is 13.8 Å². The number of rotatable bonds is 4. The van der Waals surface area contributed by atoms with Gasteiger partial charge in [0.2, 0.25) is 5.91 Å². The Morgan fingerprint density at radius 1 is 1.11 bits per heavy atom. The van der Waals surface area contributed by atoms with Gasteiger partial charge in [-0.15, -0.1) is 0 Å². The van der Waals surface area contributed by atoms with Gasteiger partial charge in [-0.05, 0) is 19.8 Å². The summed E-state index contributed by atoms with van der Waals surface area (Å²) in [6.07, 6.45) is 0. The Morgan fingerprint density at radius 2 is 1.63 bits per heavy atom. The predicted octanol–water partition coefficient (Wildman–Crippen LogP) is 2.14. The molecule has 1 heterocycles. The van der Waals surface area contributed by atoms with Crippen molar-refractivity contribution in [2.24, 2.45) is 11.8 Å². The Labute approximate surface area is 118 Å². The molecule has 0 aromatic rings. The second kappa shape index (κ2) is 10.2. The van der Waals surface area contributed by atoms with Gasteiger partial charge in [-0.2, -0.15) is 0 Å². The van der Waals surface area contributed by atoms with E-state index in [4.69, 9.17) is 4.74 Å². The van der Waals surface area contributed by atoms with Gasteiger partial charge in [-0.25, -0.2) is 0 Å². The number of morpholine rings is 1. The van der Waals surface area contributed by atoms with Crippen LogP contribution in [0.4, 0.5) is 0 Å². The van der Waals surface area contributed by atoms with Gasteiger partial charge in [0.25, 0.3) is 0 Å². The summed E-state index contributed by atoms with van der Waals surface area (Å²) in [5, 5.41) is 2.84. The van der Waals surface area contributed by atoms with E-state index in [-0.39, 0.29) is 11.8 Å². The van der Waals surface area contributed by atoms with E-state index in [0.29, 0.717) is 12.0 Å². The van der Waals surface area contributed by atoms with Crippen LogP contribution in [0.15, 0.2) is 0 Å². The second-order valence-corrected chi connectivity index (χ2v) is 6.04. The first-order valence-corrected chi connectivity index (χ1v) is 7.44. The number of carbonyl (C=O) groups excluding carboxylic acids is 1. The molecule has 0 saturated carbocycles. The van der Waals surface area contributed by atoms with E-state index in [2.05, 4.69) is 37.9 Å². The summed E-state index contributed by atoms with van der Waals surface area (Å²) in [5.74, 6) is 0.801. The van der Waals surface area contributed by atoms with Crippen LogP contribution in [-0.2, 0) is 9.53 Å². The minimum atomic E-state index is 0.110. The lowest BCUT2D eigenvalue weighted by Gasteiger charge is -2.29. The molecule has 1 saturated heterocycles. The molecule has 1 aliphatic heterocycles. The molecule has 1 amide bonds. The summed E-state index contributed by atoms with van der Waals surface area (Å²) < 4.78 is 5.21. The van der Waals surface area contributed by atoms with Crippen molar-refractivity contribution >= 4 is 5.91 Å². The van der Waals surface area contributed by atoms with Gasteiger partial charge in [-0.1, -0.05) is 27.7 Å². The van der Waals surface area contributed by atoms with Crippen LogP contribution in [0.2, 0.25) is 0 Å². The maximum absolute atomic E-state index is 10.9. The standard InChI is InChI=1S/C8H17NO.C7H15NO/c1-6(2)5-9-8(10)7(3)4;1-7(2)8-3-5-9-6-4-8/h6-7H,5H2,1-4H3,(H,9,10);7H,3-6H2,1-2H3. The lowest BCUT2D eigenvalue weighted by Crippen LogP contribution is -2.40. The van der Waals surface area contributed by atoms with Crippen LogP contribution in [-0.4, -0.2) is 49.7 Å². The van der Waals surface area contributed by atoms with Gasteiger partial charge in [0.05, 0.1) is 13.2 Å². The van der Waals surface area contributed by atoms with Gasteiger partial charge < -0.3 is 10.1 Å². The molecule has 0 atom stereocenters. The quantitative estimate of drug-likeness (QED) is 0.852. The molecule has 0 unspecified atom stereocenters. The van der Waals surface area contributed by atoms with Crippen LogP contribution in [0.25, 0.3) is 0 Å². The first kappa shape index (κ1) is 18.4. The van der Waals surface area contributed by atoms with Crippen LogP contribution in [0.1, 0.15) is 41.5 Å². The van der Waals surface area contributed by atoms with Crippen molar-refractivity contribution < 1.29 is 9.53 Å². The average molecular weight is 272 g/mol. The summed E-state index contributed by atoms with van der Waals surface area (Å²) in [7, 11) is 0. The number of carbonyl (C=O) groups is 1. The second-order valence-electron chi connectivity index (χ2n) is 6.04. The lowest BCUT2D eigenvalue weighted by atomic mass is 10.2. The van der Waals surface area contributed by atoms with Gasteiger partial charge in [-0.3, -0.25) is 9.69 Å². The van der Waals surface area contributed by atoms with E-state index in [1.165, 1.54) is 0 Å². The third kappa shape index (κ3) is 9.91. The Morgan fingerprint density at radius 3 is 1.95 bits per heavy atom. The highest BCUT2D eigenvalue weighted by Crippen LogP contribution is 2.01. The minimum Gasteiger partial charge on any atom is -0.379 e. The first-order valence-electron chi connectivity index (χ1n) is 7.44. The zero-order valence-electron chi connectivity index (χ0n) is 13.5. The molecule has 1 aliphatic rings. The molecule has 0 aromatic heterocycles. The molecule has 0 bridgehead atoms. The summed E-state index contributed by atoms with van der Waals surface area (Å²) in [6.45, 7) is 17.3. The topological polar surface area (TPSA) is 41.6 Å². The Kier molecular flexibility index (Phi) is 9.88. The van der Waals surface area contributed by atoms with Crippen LogP contribution in [0.3, 0.4) is 0 Å². The third-order valence-electron chi connectivity index (χ3n) is 2.98. The van der Waals surface area contributed by atoms with Crippen molar-refractivity contribution in [2.45, 2.75) is 47.6 Å². The van der Waals surface area contributed by atoms with Gasteiger partial charge in [0.15, 0.2) is 0 Å². The van der Waals surface area contributed by atoms with E-state index in [0.717, 1.165) is 32.8 Å². The summed E-state index contributed by atoms with van der Waals surface area (Å²) in [4.78, 5) is 13.4. The van der Waals surface area contributed by atoms with Crippen molar-refractivity contribution in [3.05, 3.63) is 0 Å². The zero-order chi connectivity index (χ0) is 14.8. The Bertz CT molecular complexity index is 234. The van der Waals surface area contributed by atoms with E-state index < -0.39 is 0 Å². The van der Waals surface area contributed by atoms with Crippen LogP contribution in [0, 0.1) is 11.8 Å². The molecule has 1 rings (SSSR count). The van der Waals surface area contributed by atoms with Crippen molar-refractivity contribution in [3.63, 3.8) is 0 Å². The number of nitrogens with zero attached hydrogens (tertiary/aromatic N) is 1. The molecule has 4 heteroatoms. The Balaban J connectivity index is 0.000000342. The zero-order valence-corrected chi connectivity index (χ0v) is 13.5. The number of hydrogen-bond donors (Lipinski definition) is 1. The SMILES string of the molecule is CC(C)CNC(=O)C(C)C.CC(C)N1CCOCC1. The molecule has 0 aliphatic carbocycles. The average Bonchev–Trinajstić information content (AvgIpc) is 2.37. The molecule has 4 nitrogen and oxygen atoms in total. The molecular weight excluding hydrogens is 240 g/mol. The van der Waals surface area contributed by atoms with E-state index in [1.54, 1.807) is 0 Å². The fourth-order valence-electron chi connectivity index (χ4n) is 1.60. The van der Waals surface area contributed by atoms with E-state index >= 15 is 0 Å². The largest absolute Gasteiger partial charge is 0.379 e. The highest BCUT2D eigenvalue weighted by molar-refractivity contribution is 5.77. The van der Waals surface area contributed by atoms with Gasteiger partial charge in [0, 0.05) is 31.6 Å². The van der Waals surface area contributed by atoms with Gasteiger partial charge >= 0.3 is 0 Å². The molecule has 1 N–H and O–H groups in total. The molecule has 0 aromatic carbocycles. The fourth-order valence-corrected chi connectivity index (χ4v) is 1.60. The highest BCUT2D eigenvalue weighted by Gasteiger charge is 2.12. The van der Waals surface area contributed by atoms with Gasteiger partial charge in [0.1, 0.15) is 0 Å². The van der Waals surface area contributed by atoms with Crippen LogP contribution >= 0.6 is 0 Å². The molecule has 1 fully saturated rings. The van der Waals surface area contributed by atoms with E-state index in [9.17, 15) is 4.79 Å². The minimum absolute atomic E-state index is 0.110. The van der Waals surface area contributed by atoms with Crippen molar-refractivity contribution in [1.29, 1.82) is 0 Å². The summed E-state index contributed by atoms with van der Waals surface area (Å²) in [5.41, 5.74) is 0. The lowest BCUT2D eigenvalue weighted by molar-refractivity contribution is -0.124. The molecule has 0 spiro atoms. The van der Waals surface area contributed by atoms with Crippen LogP contribution in [0.5, 0.6) is 0 Å². The first-order chi connectivity index (χ1) is 8.84. The monoisotopic (exact) mass is 272 g/mol. The van der Waals surface area contributed by atoms with Crippen LogP contribution < -0.4 is 5.32 Å². The smallest absolute Gasteiger partial charge is 0.222 e. The Hall–Kier alpha value is -0.610. The molecular formula is C15H32N2O2. The molecule has 19 heavy (non-hydrogen) atoms. The highest BCUT2D eigenvalue weighted by atomic mass is 16.5. The third-order valence-corrected chi connectivity index (χ3v) is 2.98. The maximum Gasteiger partial charge on any atom is 0.222 e. The predicted molar refractivity (Wildman–Crippen MR) is 80.2 cm³/mol.